The summed E-state index contributed by atoms with van der Waals surface area (Å²) in [4.78, 5) is 33.2. The molecule has 29 heavy (non-hydrogen) atoms. The number of carbonyl (C=O) groups is 2. The molecule has 2 aliphatic rings. The largest absolute Gasteiger partial charge is 0.341 e. The number of hydrogen-bond acceptors (Lipinski definition) is 4. The first-order valence-corrected chi connectivity index (χ1v) is 9.89. The van der Waals surface area contributed by atoms with E-state index >= 15 is 0 Å². The summed E-state index contributed by atoms with van der Waals surface area (Å²) in [5, 5.41) is 14.3. The van der Waals surface area contributed by atoms with Gasteiger partial charge in [0.15, 0.2) is 6.19 Å². The maximum Gasteiger partial charge on any atom is 0.247 e. The zero-order valence-electron chi connectivity index (χ0n) is 16.2. The summed E-state index contributed by atoms with van der Waals surface area (Å²) in [5.74, 6) is -0.616. The van der Waals surface area contributed by atoms with E-state index in [0.717, 1.165) is 38.8 Å². The number of halogens is 1. The number of guanidine groups is 1. The van der Waals surface area contributed by atoms with Gasteiger partial charge < -0.3 is 15.1 Å². The van der Waals surface area contributed by atoms with E-state index in [-0.39, 0.29) is 24.3 Å². The molecule has 1 aromatic rings. The van der Waals surface area contributed by atoms with E-state index in [4.69, 9.17) is 5.26 Å². The van der Waals surface area contributed by atoms with Crippen molar-refractivity contribution in [3.63, 3.8) is 0 Å². The molecule has 2 N–H and O–H groups in total. The van der Waals surface area contributed by atoms with Crippen LogP contribution in [0.5, 0.6) is 0 Å². The van der Waals surface area contributed by atoms with Crippen LogP contribution in [0.25, 0.3) is 0 Å². The van der Waals surface area contributed by atoms with E-state index in [9.17, 15) is 14.0 Å². The van der Waals surface area contributed by atoms with Crippen molar-refractivity contribution in [3.8, 4) is 6.19 Å². The van der Waals surface area contributed by atoms with Gasteiger partial charge in [0.2, 0.25) is 17.8 Å². The van der Waals surface area contributed by atoms with Gasteiger partial charge in [-0.3, -0.25) is 14.9 Å². The molecule has 0 bridgehead atoms. The Bertz CT molecular complexity index is 815. The molecule has 2 amide bonds. The molecule has 3 rings (SSSR count). The van der Waals surface area contributed by atoms with E-state index in [1.165, 1.54) is 18.2 Å². The van der Waals surface area contributed by atoms with Gasteiger partial charge in [0.25, 0.3) is 0 Å². The lowest BCUT2D eigenvalue weighted by Crippen LogP contribution is -2.45. The fourth-order valence-corrected chi connectivity index (χ4v) is 3.60. The number of carbonyl (C=O) groups excluding carboxylic acids is 2. The number of likely N-dealkylation sites (tertiary alicyclic amines) is 2. The third-order valence-electron chi connectivity index (χ3n) is 5.08. The molecule has 9 heteroatoms. The van der Waals surface area contributed by atoms with Crippen LogP contribution in [0.3, 0.4) is 0 Å². The molecular weight excluding hydrogens is 375 g/mol. The standard InChI is InChI=1S/C20H25FN6O2/c21-15-6-5-7-16(12-15)24-20(23-14-22)25-17-8-1-2-11-27(19(17)29)13-18(28)26-9-3-4-10-26/h5-7,12,17H,1-4,8-11,13H2,(H2,23,24,25). The van der Waals surface area contributed by atoms with Gasteiger partial charge in [0.1, 0.15) is 11.9 Å². The molecule has 0 aliphatic carbocycles. The van der Waals surface area contributed by atoms with Crippen LogP contribution in [-0.2, 0) is 9.59 Å². The second-order valence-corrected chi connectivity index (χ2v) is 7.21. The van der Waals surface area contributed by atoms with Crippen molar-refractivity contribution in [2.45, 2.75) is 38.1 Å². The van der Waals surface area contributed by atoms with Crippen LogP contribution in [-0.4, -0.2) is 59.8 Å². The number of anilines is 1. The molecule has 1 unspecified atom stereocenters. The third-order valence-corrected chi connectivity index (χ3v) is 5.08. The quantitative estimate of drug-likeness (QED) is 0.347. The van der Waals surface area contributed by atoms with Crippen LogP contribution in [0.1, 0.15) is 32.1 Å². The molecule has 2 aliphatic heterocycles. The first-order valence-electron chi connectivity index (χ1n) is 9.89. The third kappa shape index (κ3) is 5.67. The predicted molar refractivity (Wildman–Crippen MR) is 106 cm³/mol. The van der Waals surface area contributed by atoms with Gasteiger partial charge in [-0.2, -0.15) is 5.26 Å². The minimum absolute atomic E-state index is 0.0336. The summed E-state index contributed by atoms with van der Waals surface area (Å²) < 4.78 is 13.4. The van der Waals surface area contributed by atoms with Gasteiger partial charge >= 0.3 is 0 Å². The van der Waals surface area contributed by atoms with Gasteiger partial charge in [0, 0.05) is 25.3 Å². The maximum absolute atomic E-state index is 13.4. The summed E-state index contributed by atoms with van der Waals surface area (Å²) in [5.41, 5.74) is 0.411. The molecule has 0 aromatic heterocycles. The first-order chi connectivity index (χ1) is 14.1. The monoisotopic (exact) mass is 400 g/mol. The van der Waals surface area contributed by atoms with Gasteiger partial charge in [-0.05, 0) is 50.3 Å². The molecular formula is C20H25FN6O2. The summed E-state index contributed by atoms with van der Waals surface area (Å²) in [6.45, 7) is 2.07. The molecule has 1 aromatic carbocycles. The van der Waals surface area contributed by atoms with E-state index in [1.54, 1.807) is 22.1 Å². The molecule has 2 fully saturated rings. The zero-order chi connectivity index (χ0) is 20.6. The van der Waals surface area contributed by atoms with Crippen molar-refractivity contribution in [3.05, 3.63) is 30.1 Å². The SMILES string of the molecule is N#CNC(=NC1CCCCN(CC(=O)N2CCCC2)C1=O)Nc1cccc(F)c1. The number of rotatable bonds is 4. The Labute approximate surface area is 169 Å². The number of nitrogens with zero attached hydrogens (tertiary/aromatic N) is 4. The van der Waals surface area contributed by atoms with Crippen molar-refractivity contribution in [2.75, 3.05) is 31.5 Å². The molecule has 2 heterocycles. The van der Waals surface area contributed by atoms with Crippen molar-refractivity contribution in [1.82, 2.24) is 15.1 Å². The normalized spacial score (nSPS) is 20.2. The Kier molecular flexibility index (Phi) is 7.00. The van der Waals surface area contributed by atoms with Gasteiger partial charge in [-0.1, -0.05) is 6.07 Å². The zero-order valence-corrected chi connectivity index (χ0v) is 16.2. The number of hydrogen-bond donors (Lipinski definition) is 2. The highest BCUT2D eigenvalue weighted by Crippen LogP contribution is 2.17. The van der Waals surface area contributed by atoms with Crippen LogP contribution >= 0.6 is 0 Å². The number of nitrogens with one attached hydrogen (secondary N) is 2. The minimum Gasteiger partial charge on any atom is -0.341 e. The summed E-state index contributed by atoms with van der Waals surface area (Å²) in [6.07, 6.45) is 5.89. The Morgan fingerprint density at radius 1 is 1.24 bits per heavy atom. The average molecular weight is 400 g/mol. The van der Waals surface area contributed by atoms with E-state index in [1.807, 2.05) is 0 Å². The van der Waals surface area contributed by atoms with Crippen molar-refractivity contribution in [2.24, 2.45) is 4.99 Å². The van der Waals surface area contributed by atoms with Crippen molar-refractivity contribution >= 4 is 23.5 Å². The van der Waals surface area contributed by atoms with E-state index < -0.39 is 11.9 Å². The highest BCUT2D eigenvalue weighted by atomic mass is 19.1. The van der Waals surface area contributed by atoms with Crippen molar-refractivity contribution in [1.29, 1.82) is 5.26 Å². The Morgan fingerprint density at radius 3 is 2.72 bits per heavy atom. The highest BCUT2D eigenvalue weighted by Gasteiger charge is 2.30. The maximum atomic E-state index is 13.4. The Balaban J connectivity index is 1.72. The van der Waals surface area contributed by atoms with Crippen molar-refractivity contribution < 1.29 is 14.0 Å². The molecule has 0 spiro atoms. The fourth-order valence-electron chi connectivity index (χ4n) is 3.60. The van der Waals surface area contributed by atoms with E-state index in [2.05, 4.69) is 15.6 Å². The number of benzene rings is 1. The fraction of sp³-hybridized carbons (Fsp3) is 0.500. The molecule has 1 atom stereocenters. The van der Waals surface area contributed by atoms with Crippen LogP contribution in [0.2, 0.25) is 0 Å². The molecule has 0 radical (unpaired) electrons. The summed E-state index contributed by atoms with van der Waals surface area (Å²) in [6, 6.07) is 5.03. The molecule has 8 nitrogen and oxygen atoms in total. The lowest BCUT2D eigenvalue weighted by Gasteiger charge is -2.25. The molecule has 2 saturated heterocycles. The van der Waals surface area contributed by atoms with Gasteiger partial charge in [0.05, 0.1) is 6.54 Å². The van der Waals surface area contributed by atoms with Gasteiger partial charge in [-0.15, -0.1) is 0 Å². The second-order valence-electron chi connectivity index (χ2n) is 7.21. The van der Waals surface area contributed by atoms with Crippen LogP contribution in [0.15, 0.2) is 29.3 Å². The number of aliphatic imine (C=N–C) groups is 1. The summed E-state index contributed by atoms with van der Waals surface area (Å²) >= 11 is 0. The molecule has 154 valence electrons. The van der Waals surface area contributed by atoms with Gasteiger partial charge in [-0.25, -0.2) is 9.38 Å². The Hall–Kier alpha value is -3.15. The minimum atomic E-state index is -0.708. The summed E-state index contributed by atoms with van der Waals surface area (Å²) in [7, 11) is 0. The topological polar surface area (TPSA) is 101 Å². The molecule has 0 saturated carbocycles. The predicted octanol–water partition coefficient (Wildman–Crippen LogP) is 1.67. The van der Waals surface area contributed by atoms with Crippen LogP contribution < -0.4 is 10.6 Å². The second kappa shape index (κ2) is 9.87. The lowest BCUT2D eigenvalue weighted by molar-refractivity contribution is -0.140. The smallest absolute Gasteiger partial charge is 0.247 e. The van der Waals surface area contributed by atoms with E-state index in [0.29, 0.717) is 18.7 Å². The highest BCUT2D eigenvalue weighted by molar-refractivity contribution is 5.97. The Morgan fingerprint density at radius 2 is 2.00 bits per heavy atom. The number of nitriles is 1. The lowest BCUT2D eigenvalue weighted by atomic mass is 10.1. The first kappa shape index (κ1) is 20.6. The van der Waals surface area contributed by atoms with Crippen LogP contribution in [0.4, 0.5) is 10.1 Å². The van der Waals surface area contributed by atoms with Crippen LogP contribution in [0, 0.1) is 17.3 Å². The number of amides is 2. The average Bonchev–Trinajstić information content (AvgIpc) is 3.18.